The molecule has 0 spiro atoms. The van der Waals surface area contributed by atoms with Gasteiger partial charge in [0.05, 0.1) is 14.2 Å². The number of esters is 1. The number of carbonyl (C=O) groups is 2. The molecule has 144 valence electrons. The minimum absolute atomic E-state index is 0.200. The van der Waals surface area contributed by atoms with Crippen LogP contribution in [0.3, 0.4) is 0 Å². The maximum Gasteiger partial charge on any atom is 0.331 e. The van der Waals surface area contributed by atoms with Crippen LogP contribution in [0.15, 0.2) is 48.5 Å². The molecule has 2 aromatic rings. The minimum atomic E-state index is -1.23. The molecule has 1 amide bonds. The molecule has 6 nitrogen and oxygen atoms in total. The van der Waals surface area contributed by atoms with E-state index in [1.165, 1.54) is 14.2 Å². The first-order valence-electron chi connectivity index (χ1n) is 8.69. The van der Waals surface area contributed by atoms with Crippen LogP contribution in [0, 0.1) is 6.92 Å². The van der Waals surface area contributed by atoms with Gasteiger partial charge >= 0.3 is 5.97 Å². The van der Waals surface area contributed by atoms with Gasteiger partial charge < -0.3 is 19.9 Å². The Morgan fingerprint density at radius 3 is 2.22 bits per heavy atom. The van der Waals surface area contributed by atoms with Gasteiger partial charge in [-0.25, -0.2) is 4.79 Å². The zero-order chi connectivity index (χ0) is 19.8. The molecule has 0 radical (unpaired) electrons. The predicted octanol–water partition coefficient (Wildman–Crippen LogP) is 2.33. The first-order valence-corrected chi connectivity index (χ1v) is 8.69. The van der Waals surface area contributed by atoms with Crippen molar-refractivity contribution in [3.8, 4) is 5.75 Å². The highest BCUT2D eigenvalue weighted by Crippen LogP contribution is 2.21. The molecule has 0 saturated carbocycles. The quantitative estimate of drug-likeness (QED) is 0.696. The summed E-state index contributed by atoms with van der Waals surface area (Å²) in [6.07, 6.45) is -0.489. The summed E-state index contributed by atoms with van der Waals surface area (Å²) in [5, 5.41) is 13.1. The molecule has 0 aliphatic rings. The molecule has 27 heavy (non-hydrogen) atoms. The van der Waals surface area contributed by atoms with E-state index in [0.29, 0.717) is 17.7 Å². The summed E-state index contributed by atoms with van der Waals surface area (Å²) < 4.78 is 9.82. The van der Waals surface area contributed by atoms with Crippen molar-refractivity contribution in [3.63, 3.8) is 0 Å². The van der Waals surface area contributed by atoms with E-state index in [1.807, 2.05) is 31.2 Å². The van der Waals surface area contributed by atoms with Crippen LogP contribution in [0.4, 0.5) is 0 Å². The second kappa shape index (κ2) is 9.73. The van der Waals surface area contributed by atoms with Gasteiger partial charge in [-0.3, -0.25) is 4.79 Å². The lowest BCUT2D eigenvalue weighted by atomic mass is 10.0. The summed E-state index contributed by atoms with van der Waals surface area (Å²) in [5.74, 6) is -0.414. The molecule has 2 aromatic carbocycles. The molecular formula is C21H25NO5. The average Bonchev–Trinajstić information content (AvgIpc) is 2.70. The Balaban J connectivity index is 2.02. The van der Waals surface area contributed by atoms with E-state index < -0.39 is 18.1 Å². The molecule has 0 saturated heterocycles. The van der Waals surface area contributed by atoms with Crippen molar-refractivity contribution >= 4 is 11.9 Å². The second-order valence-electron chi connectivity index (χ2n) is 6.27. The first-order chi connectivity index (χ1) is 12.9. The number of aliphatic hydroxyl groups excluding tert-OH is 1. The summed E-state index contributed by atoms with van der Waals surface area (Å²) in [4.78, 5) is 24.4. The molecular weight excluding hydrogens is 346 g/mol. The van der Waals surface area contributed by atoms with E-state index >= 15 is 0 Å². The Morgan fingerprint density at radius 2 is 1.67 bits per heavy atom. The molecule has 2 unspecified atom stereocenters. The van der Waals surface area contributed by atoms with E-state index in [9.17, 15) is 14.7 Å². The number of methoxy groups -OCH3 is 2. The van der Waals surface area contributed by atoms with Crippen LogP contribution in [-0.4, -0.2) is 37.2 Å². The van der Waals surface area contributed by atoms with Gasteiger partial charge in [-0.1, -0.05) is 42.0 Å². The summed E-state index contributed by atoms with van der Waals surface area (Å²) in [5.41, 5.74) is 2.66. The fourth-order valence-corrected chi connectivity index (χ4v) is 2.65. The van der Waals surface area contributed by atoms with Gasteiger partial charge in [0.15, 0.2) is 6.04 Å². The lowest BCUT2D eigenvalue weighted by Crippen LogP contribution is -2.45. The molecule has 2 atom stereocenters. The van der Waals surface area contributed by atoms with Crippen LogP contribution in [-0.2, 0) is 20.7 Å². The molecule has 2 rings (SSSR count). The smallest absolute Gasteiger partial charge is 0.331 e. The number of rotatable bonds is 8. The van der Waals surface area contributed by atoms with Crippen molar-refractivity contribution in [1.29, 1.82) is 0 Å². The summed E-state index contributed by atoms with van der Waals surface area (Å²) in [7, 11) is 2.76. The lowest BCUT2D eigenvalue weighted by molar-refractivity contribution is -0.148. The first kappa shape index (κ1) is 20.5. The van der Waals surface area contributed by atoms with E-state index in [1.54, 1.807) is 24.3 Å². The van der Waals surface area contributed by atoms with Crippen molar-refractivity contribution in [1.82, 2.24) is 5.32 Å². The van der Waals surface area contributed by atoms with Gasteiger partial charge in [0.2, 0.25) is 5.91 Å². The van der Waals surface area contributed by atoms with E-state index in [-0.39, 0.29) is 12.3 Å². The van der Waals surface area contributed by atoms with Crippen molar-refractivity contribution < 1.29 is 24.2 Å². The Kier molecular flexibility index (Phi) is 7.37. The van der Waals surface area contributed by atoms with E-state index in [0.717, 1.165) is 11.1 Å². The number of carbonyl (C=O) groups excluding carboxylic acids is 2. The van der Waals surface area contributed by atoms with Crippen LogP contribution in [0.2, 0.25) is 0 Å². The fourth-order valence-electron chi connectivity index (χ4n) is 2.65. The maximum absolute atomic E-state index is 12.3. The average molecular weight is 371 g/mol. The van der Waals surface area contributed by atoms with Crippen LogP contribution in [0.1, 0.15) is 29.2 Å². The zero-order valence-electron chi connectivity index (χ0n) is 15.8. The van der Waals surface area contributed by atoms with Gasteiger partial charge in [-0.05, 0) is 36.6 Å². The highest BCUT2D eigenvalue weighted by molar-refractivity contribution is 5.85. The number of benzene rings is 2. The SMILES string of the molecule is COC(=O)C(NC(=O)CCc1ccc(C)cc1)C(O)c1ccc(OC)cc1. The van der Waals surface area contributed by atoms with Gasteiger partial charge in [-0.2, -0.15) is 0 Å². The van der Waals surface area contributed by atoms with Gasteiger partial charge in [-0.15, -0.1) is 0 Å². The number of hydrogen-bond acceptors (Lipinski definition) is 5. The lowest BCUT2D eigenvalue weighted by Gasteiger charge is -2.22. The number of nitrogens with one attached hydrogen (secondary N) is 1. The monoisotopic (exact) mass is 371 g/mol. The van der Waals surface area contributed by atoms with Crippen molar-refractivity contribution in [3.05, 3.63) is 65.2 Å². The molecule has 0 bridgehead atoms. The van der Waals surface area contributed by atoms with Crippen LogP contribution >= 0.6 is 0 Å². The molecule has 6 heteroatoms. The minimum Gasteiger partial charge on any atom is -0.497 e. The standard InChI is InChI=1S/C21H25NO5/c1-14-4-6-15(7-5-14)8-13-18(23)22-19(21(25)27-3)20(24)16-9-11-17(26-2)12-10-16/h4-7,9-12,19-20,24H,8,13H2,1-3H3,(H,22,23). The Hall–Kier alpha value is -2.86. The molecule has 0 aromatic heterocycles. The topological polar surface area (TPSA) is 84.9 Å². The Bertz CT molecular complexity index is 755. The van der Waals surface area contributed by atoms with Crippen LogP contribution in [0.25, 0.3) is 0 Å². The van der Waals surface area contributed by atoms with Gasteiger partial charge in [0.25, 0.3) is 0 Å². The largest absolute Gasteiger partial charge is 0.497 e. The van der Waals surface area contributed by atoms with E-state index in [4.69, 9.17) is 9.47 Å². The fraction of sp³-hybridized carbons (Fsp3) is 0.333. The summed E-state index contributed by atoms with van der Waals surface area (Å²) in [6, 6.07) is 13.3. The highest BCUT2D eigenvalue weighted by Gasteiger charge is 2.30. The number of ether oxygens (including phenoxy) is 2. The van der Waals surface area contributed by atoms with Crippen molar-refractivity contribution in [2.24, 2.45) is 0 Å². The van der Waals surface area contributed by atoms with Gasteiger partial charge in [0.1, 0.15) is 11.9 Å². The normalized spacial score (nSPS) is 12.7. The predicted molar refractivity (Wildman–Crippen MR) is 101 cm³/mol. The molecule has 0 heterocycles. The number of hydrogen-bond donors (Lipinski definition) is 2. The number of amides is 1. The van der Waals surface area contributed by atoms with E-state index in [2.05, 4.69) is 5.32 Å². The highest BCUT2D eigenvalue weighted by atomic mass is 16.5. The summed E-state index contributed by atoms with van der Waals surface area (Å²) in [6.45, 7) is 2.00. The molecule has 2 N–H and O–H groups in total. The van der Waals surface area contributed by atoms with Crippen LogP contribution < -0.4 is 10.1 Å². The third-order valence-corrected chi connectivity index (χ3v) is 4.31. The number of aliphatic hydroxyl groups is 1. The maximum atomic E-state index is 12.3. The Labute approximate surface area is 159 Å². The molecule has 0 aliphatic heterocycles. The molecule has 0 fully saturated rings. The van der Waals surface area contributed by atoms with Crippen LogP contribution in [0.5, 0.6) is 5.75 Å². The van der Waals surface area contributed by atoms with Gasteiger partial charge in [0, 0.05) is 6.42 Å². The number of aryl methyl sites for hydroxylation is 2. The second-order valence-corrected chi connectivity index (χ2v) is 6.27. The molecule has 0 aliphatic carbocycles. The Morgan fingerprint density at radius 1 is 1.04 bits per heavy atom. The third-order valence-electron chi connectivity index (χ3n) is 4.31. The van der Waals surface area contributed by atoms with Crippen molar-refractivity contribution in [2.45, 2.75) is 31.9 Å². The zero-order valence-corrected chi connectivity index (χ0v) is 15.8. The van der Waals surface area contributed by atoms with Crippen molar-refractivity contribution in [2.75, 3.05) is 14.2 Å². The summed E-state index contributed by atoms with van der Waals surface area (Å²) >= 11 is 0. The third kappa shape index (κ3) is 5.82.